The average molecular weight is 1080 g/mol. The van der Waals surface area contributed by atoms with E-state index in [2.05, 4.69) is 215 Å². The number of hydrogen-bond acceptors (Lipinski definition) is 6. The first-order valence-corrected chi connectivity index (χ1v) is 30.9. The molecule has 0 fully saturated rings. The van der Waals surface area contributed by atoms with Crippen molar-refractivity contribution in [2.24, 2.45) is 0 Å². The van der Waals surface area contributed by atoms with Gasteiger partial charge in [0.25, 0.3) is 0 Å². The highest BCUT2D eigenvalue weighted by Crippen LogP contribution is 2.12. The summed E-state index contributed by atoms with van der Waals surface area (Å²) in [6.45, 7) is 6.20. The van der Waals surface area contributed by atoms with E-state index >= 15 is 0 Å². The molecule has 0 aliphatic carbocycles. The van der Waals surface area contributed by atoms with Crippen molar-refractivity contribution >= 4 is 17.9 Å². The van der Waals surface area contributed by atoms with Crippen molar-refractivity contribution in [3.63, 3.8) is 0 Å². The zero-order valence-electron chi connectivity index (χ0n) is 50.0. The molecule has 0 aliphatic heterocycles. The normalized spacial score (nSPS) is 13.5. The lowest BCUT2D eigenvalue weighted by Gasteiger charge is -2.18. The van der Waals surface area contributed by atoms with Crippen LogP contribution in [0.1, 0.15) is 226 Å². The lowest BCUT2D eigenvalue weighted by molar-refractivity contribution is -0.167. The van der Waals surface area contributed by atoms with Crippen LogP contribution in [0.2, 0.25) is 0 Å². The number of allylic oxidation sites excluding steroid dienone is 32. The summed E-state index contributed by atoms with van der Waals surface area (Å²) in [5.74, 6) is -1.03. The Morgan fingerprint density at radius 2 is 0.456 bits per heavy atom. The molecule has 1 atom stereocenters. The van der Waals surface area contributed by atoms with Gasteiger partial charge < -0.3 is 14.2 Å². The first kappa shape index (κ1) is 73.2. The van der Waals surface area contributed by atoms with Gasteiger partial charge in [-0.05, 0) is 161 Å². The molecule has 438 valence electrons. The minimum atomic E-state index is -0.834. The number of unbranched alkanes of at least 4 members (excludes halogenated alkanes) is 10. The van der Waals surface area contributed by atoms with Crippen LogP contribution >= 0.6 is 0 Å². The van der Waals surface area contributed by atoms with Crippen LogP contribution in [0, 0.1) is 0 Å². The molecule has 0 aromatic carbocycles. The fourth-order valence-corrected chi connectivity index (χ4v) is 7.56. The van der Waals surface area contributed by atoms with E-state index in [1.165, 1.54) is 0 Å². The fourth-order valence-electron chi connectivity index (χ4n) is 7.56. The van der Waals surface area contributed by atoms with Crippen molar-refractivity contribution in [3.05, 3.63) is 194 Å². The lowest BCUT2D eigenvalue weighted by Crippen LogP contribution is -2.30. The summed E-state index contributed by atoms with van der Waals surface area (Å²) in [5.41, 5.74) is 0. The molecule has 0 amide bonds. The van der Waals surface area contributed by atoms with Gasteiger partial charge in [0.1, 0.15) is 13.2 Å². The van der Waals surface area contributed by atoms with Crippen molar-refractivity contribution in [1.82, 2.24) is 0 Å². The number of esters is 3. The Balaban J connectivity index is 4.57. The third kappa shape index (κ3) is 63.0. The summed E-state index contributed by atoms with van der Waals surface area (Å²) in [4.78, 5) is 38.3. The average Bonchev–Trinajstić information content (AvgIpc) is 3.45. The molecule has 1 unspecified atom stereocenters. The first-order valence-electron chi connectivity index (χ1n) is 30.9. The minimum absolute atomic E-state index is 0.128. The molecule has 0 aromatic heterocycles. The van der Waals surface area contributed by atoms with Gasteiger partial charge in [-0.1, -0.05) is 241 Å². The van der Waals surface area contributed by atoms with Crippen LogP contribution in [0.4, 0.5) is 0 Å². The van der Waals surface area contributed by atoms with Crippen LogP contribution in [-0.2, 0) is 28.6 Å². The highest BCUT2D eigenvalue weighted by atomic mass is 16.6. The van der Waals surface area contributed by atoms with E-state index in [0.29, 0.717) is 12.8 Å². The Morgan fingerprint density at radius 3 is 0.747 bits per heavy atom. The Kier molecular flexibility index (Phi) is 60.1. The Morgan fingerprint density at radius 1 is 0.253 bits per heavy atom. The Bertz CT molecular complexity index is 1920. The van der Waals surface area contributed by atoms with Gasteiger partial charge in [-0.2, -0.15) is 0 Å². The van der Waals surface area contributed by atoms with Gasteiger partial charge in [0.05, 0.1) is 0 Å². The maximum Gasteiger partial charge on any atom is 0.306 e. The smallest absolute Gasteiger partial charge is 0.306 e. The molecule has 6 nitrogen and oxygen atoms in total. The Labute approximate surface area is 484 Å². The lowest BCUT2D eigenvalue weighted by atomic mass is 10.1. The van der Waals surface area contributed by atoms with E-state index in [4.69, 9.17) is 14.2 Å². The number of ether oxygens (including phenoxy) is 3. The summed E-state index contributed by atoms with van der Waals surface area (Å²) in [6.07, 6.45) is 98.5. The minimum Gasteiger partial charge on any atom is -0.462 e. The molecular formula is C73H110O6. The molecule has 0 bridgehead atoms. The van der Waals surface area contributed by atoms with Crippen molar-refractivity contribution in [2.75, 3.05) is 13.2 Å². The molecule has 0 rings (SSSR count). The highest BCUT2D eigenvalue weighted by molar-refractivity contribution is 5.71. The second kappa shape index (κ2) is 64.8. The number of carbonyl (C=O) groups excluding carboxylic acids is 3. The second-order valence-electron chi connectivity index (χ2n) is 19.5. The summed E-state index contributed by atoms with van der Waals surface area (Å²) in [6, 6.07) is 0. The van der Waals surface area contributed by atoms with E-state index in [9.17, 15) is 14.4 Å². The summed E-state index contributed by atoms with van der Waals surface area (Å²) in [7, 11) is 0. The largest absolute Gasteiger partial charge is 0.462 e. The zero-order valence-corrected chi connectivity index (χ0v) is 50.0. The predicted octanol–water partition coefficient (Wildman–Crippen LogP) is 21.4. The summed E-state index contributed by atoms with van der Waals surface area (Å²) >= 11 is 0. The molecule has 0 heterocycles. The molecule has 0 aliphatic rings. The summed E-state index contributed by atoms with van der Waals surface area (Å²) in [5, 5.41) is 0. The first-order chi connectivity index (χ1) is 39.0. The van der Waals surface area contributed by atoms with Gasteiger partial charge in [0, 0.05) is 19.3 Å². The van der Waals surface area contributed by atoms with Crippen LogP contribution in [-0.4, -0.2) is 37.2 Å². The third-order valence-corrected chi connectivity index (χ3v) is 12.1. The summed E-state index contributed by atoms with van der Waals surface area (Å²) < 4.78 is 16.8. The van der Waals surface area contributed by atoms with Crippen molar-refractivity contribution < 1.29 is 28.6 Å². The van der Waals surface area contributed by atoms with Gasteiger partial charge in [0.2, 0.25) is 0 Å². The zero-order chi connectivity index (χ0) is 57.1. The molecular weight excluding hydrogens is 973 g/mol. The van der Waals surface area contributed by atoms with Crippen LogP contribution in [0.15, 0.2) is 194 Å². The van der Waals surface area contributed by atoms with Crippen molar-refractivity contribution in [1.29, 1.82) is 0 Å². The molecule has 0 spiro atoms. The second-order valence-corrected chi connectivity index (χ2v) is 19.5. The van der Waals surface area contributed by atoms with E-state index in [1.54, 1.807) is 0 Å². The van der Waals surface area contributed by atoms with E-state index < -0.39 is 6.10 Å². The molecule has 6 heteroatoms. The third-order valence-electron chi connectivity index (χ3n) is 12.1. The standard InChI is InChI=1S/C73H110O6/c1-4-7-10-13-16-19-22-25-28-30-32-34-35-36-37-39-40-42-45-48-51-54-57-60-63-66-72(75)78-69-70(68-77-71(74)65-62-59-56-53-50-47-44-27-24-21-18-15-12-9-6-3)79-73(76)67-64-61-58-55-52-49-46-43-41-38-33-31-29-26-23-20-17-14-11-8-5-2/h7-12,16-21,25-29,32-34,36-38,40,42-44,46,48,50-51,53,70H,4-6,13-15,22-24,30-31,35,39,41,45,47,49,52,54-69H2,1-3H3/b10-7-,11-8-,12-9-,19-16-,20-17-,21-18-,28-25-,29-26-,34-32-,37-36-,38-33-,42-40-,44-27-,46-43-,51-48-,53-50-. The van der Waals surface area contributed by atoms with Crippen LogP contribution in [0.3, 0.4) is 0 Å². The maximum atomic E-state index is 12.9. The van der Waals surface area contributed by atoms with Crippen molar-refractivity contribution in [3.8, 4) is 0 Å². The van der Waals surface area contributed by atoms with E-state index in [1.807, 2.05) is 0 Å². The molecule has 0 aromatic rings. The molecule has 0 saturated heterocycles. The number of carbonyl (C=O) groups is 3. The van der Waals surface area contributed by atoms with Crippen LogP contribution in [0.25, 0.3) is 0 Å². The highest BCUT2D eigenvalue weighted by Gasteiger charge is 2.19. The van der Waals surface area contributed by atoms with Gasteiger partial charge in [0.15, 0.2) is 6.10 Å². The number of rotatable bonds is 53. The monoisotopic (exact) mass is 1080 g/mol. The SMILES string of the molecule is CC/C=C\C/C=C\C/C=C\C/C=C\C/C=C\C/C=C\C/C=C\CCCCCC(=O)OCC(COC(=O)CCCC/C=C\C/C=C\C/C=C\C/C=C\CC)OC(=O)CCCCCCC/C=C\C/C=C\C/C=C\C/C=C\C/C=C\CC. The maximum absolute atomic E-state index is 12.9. The van der Waals surface area contributed by atoms with Crippen LogP contribution < -0.4 is 0 Å². The van der Waals surface area contributed by atoms with Gasteiger partial charge in [-0.3, -0.25) is 14.4 Å². The van der Waals surface area contributed by atoms with Gasteiger partial charge >= 0.3 is 17.9 Å². The van der Waals surface area contributed by atoms with Gasteiger partial charge in [-0.25, -0.2) is 0 Å². The van der Waals surface area contributed by atoms with E-state index in [0.717, 1.165) is 180 Å². The Hall–Kier alpha value is -5.75. The molecule has 0 saturated carbocycles. The topological polar surface area (TPSA) is 78.9 Å². The molecule has 79 heavy (non-hydrogen) atoms. The van der Waals surface area contributed by atoms with Crippen LogP contribution in [0.5, 0.6) is 0 Å². The van der Waals surface area contributed by atoms with Crippen molar-refractivity contribution in [2.45, 2.75) is 232 Å². The quantitative estimate of drug-likeness (QED) is 0.0261. The molecule has 0 N–H and O–H groups in total. The molecule has 0 radical (unpaired) electrons. The predicted molar refractivity (Wildman–Crippen MR) is 343 cm³/mol. The van der Waals surface area contributed by atoms with Gasteiger partial charge in [-0.15, -0.1) is 0 Å². The number of hydrogen-bond donors (Lipinski definition) is 0. The fraction of sp³-hybridized carbons (Fsp3) is 0.521. The van der Waals surface area contributed by atoms with E-state index in [-0.39, 0.29) is 44.0 Å².